The summed E-state index contributed by atoms with van der Waals surface area (Å²) in [6.07, 6.45) is 2.84. The number of ether oxygens (including phenoxy) is 3. The summed E-state index contributed by atoms with van der Waals surface area (Å²) in [5.41, 5.74) is 7.39. The molecule has 0 radical (unpaired) electrons. The van der Waals surface area contributed by atoms with Gasteiger partial charge in [0.05, 0.1) is 26.7 Å². The molecule has 0 aromatic heterocycles. The van der Waals surface area contributed by atoms with Crippen LogP contribution in [0.1, 0.15) is 47.2 Å². The maximum atomic E-state index is 13.9. The molecule has 2 aliphatic heterocycles. The molecule has 0 saturated carbocycles. The van der Waals surface area contributed by atoms with E-state index in [1.807, 2.05) is 47.4 Å². The first-order valence-electron chi connectivity index (χ1n) is 14.7. The molecule has 2 saturated heterocycles. The lowest BCUT2D eigenvalue weighted by Crippen LogP contribution is -2.50. The second kappa shape index (κ2) is 13.9. The SMILES string of the molecule is COc1cc(C(=O)N2CCC(CCN3CCC(C(N)=O)(c4ccccc4)CC3)(c3ccc(F)cc3)C2)cc(OC)c1OC.Cl. The van der Waals surface area contributed by atoms with Crippen molar-refractivity contribution >= 4 is 24.2 Å². The predicted octanol–water partition coefficient (Wildman–Crippen LogP) is 4.97. The molecule has 3 aromatic rings. The Morgan fingerprint density at radius 3 is 2.00 bits per heavy atom. The number of rotatable bonds is 10. The molecule has 10 heteroatoms. The van der Waals surface area contributed by atoms with Crippen LogP contribution in [0, 0.1) is 5.82 Å². The van der Waals surface area contributed by atoms with Crippen molar-refractivity contribution in [2.24, 2.45) is 5.73 Å². The van der Waals surface area contributed by atoms with E-state index < -0.39 is 5.41 Å². The Kier molecular flexibility index (Phi) is 10.4. The van der Waals surface area contributed by atoms with Crippen molar-refractivity contribution in [3.05, 3.63) is 89.2 Å². The molecule has 236 valence electrons. The summed E-state index contributed by atoms with van der Waals surface area (Å²) >= 11 is 0. The highest BCUT2D eigenvalue weighted by atomic mass is 35.5. The Bertz CT molecular complexity index is 1420. The summed E-state index contributed by atoms with van der Waals surface area (Å²) in [6.45, 7) is 3.33. The molecule has 3 aromatic carbocycles. The standard InChI is InChI=1S/C34H40FN3O5.ClH/c1-41-28-21-24(22-29(42-2)30(28)43-3)31(39)38-20-14-33(23-38,25-9-11-27(35)12-10-25)13-17-37-18-15-34(16-19-37,32(36)40)26-7-5-4-6-8-26;/h4-12,21-22H,13-20,23H2,1-3H3,(H2,36,40);1H. The number of halogens is 2. The highest BCUT2D eigenvalue weighted by Crippen LogP contribution is 2.42. The van der Waals surface area contributed by atoms with Crippen LogP contribution in [0.2, 0.25) is 0 Å². The molecule has 2 heterocycles. The molecule has 0 spiro atoms. The molecular formula is C34H41ClFN3O5. The normalized spacial score (nSPS) is 19.6. The van der Waals surface area contributed by atoms with Crippen LogP contribution in [0.3, 0.4) is 0 Å². The molecule has 1 unspecified atom stereocenters. The second-order valence-electron chi connectivity index (χ2n) is 11.6. The number of amides is 2. The van der Waals surface area contributed by atoms with Gasteiger partial charge in [-0.2, -0.15) is 0 Å². The minimum absolute atomic E-state index is 0. The van der Waals surface area contributed by atoms with Crippen LogP contribution in [0.15, 0.2) is 66.7 Å². The van der Waals surface area contributed by atoms with E-state index in [9.17, 15) is 14.0 Å². The Hall–Kier alpha value is -3.82. The summed E-state index contributed by atoms with van der Waals surface area (Å²) in [7, 11) is 4.57. The van der Waals surface area contributed by atoms with E-state index in [1.54, 1.807) is 12.1 Å². The van der Waals surface area contributed by atoms with Crippen LogP contribution in [0.5, 0.6) is 17.2 Å². The molecule has 0 aliphatic carbocycles. The van der Waals surface area contributed by atoms with Crippen LogP contribution >= 0.6 is 12.4 Å². The lowest BCUT2D eigenvalue weighted by molar-refractivity contribution is -0.125. The maximum absolute atomic E-state index is 13.9. The zero-order valence-electron chi connectivity index (χ0n) is 25.5. The monoisotopic (exact) mass is 625 g/mol. The van der Waals surface area contributed by atoms with Crippen molar-refractivity contribution in [1.29, 1.82) is 0 Å². The smallest absolute Gasteiger partial charge is 0.254 e. The minimum Gasteiger partial charge on any atom is -0.493 e. The number of carbonyl (C=O) groups excluding carboxylic acids is 2. The molecule has 1 atom stereocenters. The number of nitrogens with zero attached hydrogens (tertiary/aromatic N) is 2. The fourth-order valence-electron chi connectivity index (χ4n) is 6.79. The van der Waals surface area contributed by atoms with Gasteiger partial charge in [-0.1, -0.05) is 42.5 Å². The summed E-state index contributed by atoms with van der Waals surface area (Å²) in [4.78, 5) is 30.7. The van der Waals surface area contributed by atoms with Gasteiger partial charge in [-0.05, 0) is 80.7 Å². The third-order valence-corrected chi connectivity index (χ3v) is 9.42. The lowest BCUT2D eigenvalue weighted by Gasteiger charge is -2.41. The molecule has 0 bridgehead atoms. The molecular weight excluding hydrogens is 585 g/mol. The fourth-order valence-corrected chi connectivity index (χ4v) is 6.79. The molecule has 2 N–H and O–H groups in total. The van der Waals surface area contributed by atoms with E-state index in [2.05, 4.69) is 4.90 Å². The third kappa shape index (κ3) is 6.35. The van der Waals surface area contributed by atoms with Crippen molar-refractivity contribution in [3.8, 4) is 17.2 Å². The largest absolute Gasteiger partial charge is 0.493 e. The van der Waals surface area contributed by atoms with E-state index in [0.717, 1.165) is 43.6 Å². The van der Waals surface area contributed by atoms with E-state index in [0.29, 0.717) is 48.7 Å². The van der Waals surface area contributed by atoms with Crippen molar-refractivity contribution in [3.63, 3.8) is 0 Å². The number of methoxy groups -OCH3 is 3. The van der Waals surface area contributed by atoms with Gasteiger partial charge >= 0.3 is 0 Å². The first kappa shape index (κ1) is 33.1. The predicted molar refractivity (Wildman–Crippen MR) is 170 cm³/mol. The number of primary amides is 1. The van der Waals surface area contributed by atoms with Crippen molar-refractivity contribution in [2.45, 2.75) is 36.5 Å². The fraction of sp³-hybridized carbons (Fsp3) is 0.412. The summed E-state index contributed by atoms with van der Waals surface area (Å²) in [5, 5.41) is 0. The highest BCUT2D eigenvalue weighted by Gasteiger charge is 2.44. The molecule has 2 fully saturated rings. The van der Waals surface area contributed by atoms with Gasteiger partial charge in [-0.15, -0.1) is 12.4 Å². The van der Waals surface area contributed by atoms with Crippen molar-refractivity contribution in [2.75, 3.05) is 54.1 Å². The Labute approximate surface area is 264 Å². The van der Waals surface area contributed by atoms with E-state index in [1.165, 1.54) is 33.5 Å². The first-order valence-corrected chi connectivity index (χ1v) is 14.7. The number of piperidine rings is 1. The number of benzene rings is 3. The molecule has 2 amide bonds. The van der Waals surface area contributed by atoms with Crippen molar-refractivity contribution < 1.29 is 28.2 Å². The van der Waals surface area contributed by atoms with E-state index >= 15 is 0 Å². The van der Waals surface area contributed by atoms with E-state index in [-0.39, 0.29) is 35.5 Å². The minimum atomic E-state index is -0.663. The molecule has 5 rings (SSSR count). The lowest BCUT2D eigenvalue weighted by atomic mass is 9.71. The Morgan fingerprint density at radius 2 is 1.45 bits per heavy atom. The molecule has 2 aliphatic rings. The van der Waals surface area contributed by atoms with Crippen LogP contribution in [-0.2, 0) is 15.6 Å². The van der Waals surface area contributed by atoms with Crippen LogP contribution < -0.4 is 19.9 Å². The van der Waals surface area contributed by atoms with Crippen LogP contribution in [0.4, 0.5) is 4.39 Å². The topological polar surface area (TPSA) is 94.3 Å². The summed E-state index contributed by atoms with van der Waals surface area (Å²) in [6, 6.07) is 19.8. The third-order valence-electron chi connectivity index (χ3n) is 9.42. The zero-order chi connectivity index (χ0) is 30.6. The van der Waals surface area contributed by atoms with Gasteiger partial charge in [0.1, 0.15) is 5.82 Å². The molecule has 44 heavy (non-hydrogen) atoms. The second-order valence-corrected chi connectivity index (χ2v) is 11.6. The number of hydrogen-bond donors (Lipinski definition) is 1. The van der Waals surface area contributed by atoms with Gasteiger partial charge in [0.2, 0.25) is 11.7 Å². The number of carbonyl (C=O) groups is 2. The van der Waals surface area contributed by atoms with Gasteiger partial charge in [0.25, 0.3) is 5.91 Å². The molecule has 8 nitrogen and oxygen atoms in total. The number of nitrogens with two attached hydrogens (primary N) is 1. The maximum Gasteiger partial charge on any atom is 0.254 e. The van der Waals surface area contributed by atoms with Gasteiger partial charge in [-0.25, -0.2) is 4.39 Å². The average Bonchev–Trinajstić information content (AvgIpc) is 3.49. The Morgan fingerprint density at radius 1 is 0.841 bits per heavy atom. The van der Waals surface area contributed by atoms with Crippen LogP contribution in [-0.4, -0.2) is 75.7 Å². The van der Waals surface area contributed by atoms with Crippen LogP contribution in [0.25, 0.3) is 0 Å². The van der Waals surface area contributed by atoms with Gasteiger partial charge in [-0.3, -0.25) is 9.59 Å². The van der Waals surface area contributed by atoms with Gasteiger partial charge in [0, 0.05) is 24.1 Å². The Balaban J connectivity index is 0.00000442. The summed E-state index contributed by atoms with van der Waals surface area (Å²) in [5.74, 6) is 0.566. The van der Waals surface area contributed by atoms with Crippen molar-refractivity contribution in [1.82, 2.24) is 9.80 Å². The number of likely N-dealkylation sites (tertiary alicyclic amines) is 2. The van der Waals surface area contributed by atoms with Gasteiger partial charge in [0.15, 0.2) is 11.5 Å². The number of hydrogen-bond acceptors (Lipinski definition) is 6. The highest BCUT2D eigenvalue weighted by molar-refractivity contribution is 5.96. The quantitative estimate of drug-likeness (QED) is 0.342. The summed E-state index contributed by atoms with van der Waals surface area (Å²) < 4.78 is 30.3. The first-order chi connectivity index (χ1) is 20.7. The van der Waals surface area contributed by atoms with Gasteiger partial charge < -0.3 is 29.7 Å². The van der Waals surface area contributed by atoms with E-state index in [4.69, 9.17) is 19.9 Å². The average molecular weight is 626 g/mol. The zero-order valence-corrected chi connectivity index (χ0v) is 26.3.